The van der Waals surface area contributed by atoms with Gasteiger partial charge in [-0.1, -0.05) is 82.7 Å². The highest BCUT2D eigenvalue weighted by Gasteiger charge is 2.14. The first-order valence-electron chi connectivity index (χ1n) is 11.0. The number of likely N-dealkylation sites (N-methyl/N-ethyl adjacent to an activating group) is 1. The summed E-state index contributed by atoms with van der Waals surface area (Å²) in [5, 5.41) is 0. The van der Waals surface area contributed by atoms with Gasteiger partial charge in [0.2, 0.25) is 0 Å². The maximum absolute atomic E-state index is 2.41. The molecule has 1 nitrogen and oxygen atoms in total. The molecule has 0 aromatic rings. The Labute approximate surface area is 169 Å². The average molecular weight is 370 g/mol. The van der Waals surface area contributed by atoms with Crippen molar-refractivity contribution in [2.24, 2.45) is 23.7 Å². The van der Waals surface area contributed by atoms with Gasteiger partial charge in [0, 0.05) is 19.8 Å². The summed E-state index contributed by atoms with van der Waals surface area (Å²) < 4.78 is 0. The fraction of sp³-hybridized carbons (Fsp3) is 0.615. The van der Waals surface area contributed by atoms with Crippen LogP contribution in [0, 0.1) is 23.7 Å². The van der Waals surface area contributed by atoms with Crippen LogP contribution in [0.1, 0.15) is 66.2 Å². The molecule has 2 aliphatic carbocycles. The predicted molar refractivity (Wildman–Crippen MR) is 123 cm³/mol. The van der Waals surface area contributed by atoms with Gasteiger partial charge in [-0.3, -0.25) is 0 Å². The monoisotopic (exact) mass is 369 g/mol. The second-order valence-electron chi connectivity index (χ2n) is 8.40. The Morgan fingerprint density at radius 3 is 2.52 bits per heavy atom. The van der Waals surface area contributed by atoms with Gasteiger partial charge in [0.1, 0.15) is 0 Å². The lowest BCUT2D eigenvalue weighted by Crippen LogP contribution is -2.12. The quantitative estimate of drug-likeness (QED) is 0.419. The molecule has 0 spiro atoms. The third kappa shape index (κ3) is 9.84. The van der Waals surface area contributed by atoms with Crippen molar-refractivity contribution < 1.29 is 0 Å². The molecule has 0 N–H and O–H groups in total. The highest BCUT2D eigenvalue weighted by atomic mass is 15.1. The lowest BCUT2D eigenvalue weighted by atomic mass is 9.85. The van der Waals surface area contributed by atoms with Gasteiger partial charge in [-0.15, -0.1) is 0 Å². The Balaban J connectivity index is 0.00000114. The van der Waals surface area contributed by atoms with Crippen LogP contribution in [0.25, 0.3) is 0 Å². The molecular weight excluding hydrogens is 326 g/mol. The summed E-state index contributed by atoms with van der Waals surface area (Å²) in [7, 11) is 4.22. The molecule has 0 aliphatic heterocycles. The Hall–Kier alpha value is -1.50. The second-order valence-corrected chi connectivity index (χ2v) is 8.40. The number of rotatable bonds is 7. The molecule has 0 radical (unpaired) electrons. The Bertz CT molecular complexity index is 532. The van der Waals surface area contributed by atoms with Crippen LogP contribution < -0.4 is 0 Å². The van der Waals surface area contributed by atoms with Crippen LogP contribution in [0.4, 0.5) is 0 Å². The van der Waals surface area contributed by atoms with Crippen molar-refractivity contribution >= 4 is 0 Å². The predicted octanol–water partition coefficient (Wildman–Crippen LogP) is 7.56. The van der Waals surface area contributed by atoms with Gasteiger partial charge < -0.3 is 4.90 Å². The maximum Gasteiger partial charge on any atom is 0.0317 e. The third-order valence-electron chi connectivity index (χ3n) is 5.27. The smallest absolute Gasteiger partial charge is 0.0317 e. The van der Waals surface area contributed by atoms with Gasteiger partial charge in [0.15, 0.2) is 0 Å². The normalized spacial score (nSPS) is 26.0. The molecule has 0 aromatic carbocycles. The minimum absolute atomic E-state index is 0.537. The molecular formula is C26H43N. The van der Waals surface area contributed by atoms with Gasteiger partial charge in [0.05, 0.1) is 0 Å². The fourth-order valence-electron chi connectivity index (χ4n) is 3.44. The van der Waals surface area contributed by atoms with Crippen molar-refractivity contribution in [2.45, 2.75) is 66.2 Å². The molecule has 4 atom stereocenters. The molecule has 1 heteroatoms. The minimum atomic E-state index is 0.537. The van der Waals surface area contributed by atoms with Crippen LogP contribution in [-0.2, 0) is 0 Å². The second kappa shape index (κ2) is 13.6. The largest absolute Gasteiger partial charge is 0.378 e. The number of hydrogen-bond donors (Lipinski definition) is 0. The zero-order valence-corrected chi connectivity index (χ0v) is 18.7. The average Bonchev–Trinajstić information content (AvgIpc) is 2.65. The third-order valence-corrected chi connectivity index (χ3v) is 5.27. The summed E-state index contributed by atoms with van der Waals surface area (Å²) in [5.41, 5.74) is 1.34. The molecule has 27 heavy (non-hydrogen) atoms. The minimum Gasteiger partial charge on any atom is -0.378 e. The molecule has 0 fully saturated rings. The Kier molecular flexibility index (Phi) is 11.9. The standard InChI is InChI=1S/C23H35N.C3H8/c1-19(13-16-22-12-8-6-10-20(22)2)9-5-7-11-21-14-17-23(18-15-21)24(3)4;1-3-2/h5,8-9,12-14,16-22H,6-7,10-11,15H2,1-4H3;3H2,1-2H3/b9-5+,16-13-;. The van der Waals surface area contributed by atoms with Crippen LogP contribution in [0.3, 0.4) is 0 Å². The van der Waals surface area contributed by atoms with E-state index in [2.05, 4.69) is 101 Å². The lowest BCUT2D eigenvalue weighted by Gasteiger charge is -2.21. The van der Waals surface area contributed by atoms with E-state index in [1.165, 1.54) is 44.2 Å². The van der Waals surface area contributed by atoms with Gasteiger partial charge in [-0.05, 0) is 61.9 Å². The summed E-state index contributed by atoms with van der Waals surface area (Å²) in [4.78, 5) is 2.18. The van der Waals surface area contributed by atoms with E-state index in [1.807, 2.05) is 0 Å². The molecule has 0 amide bonds. The summed E-state index contributed by atoms with van der Waals surface area (Å²) in [6.07, 6.45) is 28.7. The van der Waals surface area contributed by atoms with Crippen molar-refractivity contribution in [1.82, 2.24) is 4.90 Å². The molecule has 152 valence electrons. The molecule has 0 saturated heterocycles. The van der Waals surface area contributed by atoms with Crippen molar-refractivity contribution in [3.8, 4) is 0 Å². The number of nitrogens with zero attached hydrogens (tertiary/aromatic N) is 1. The summed E-state index contributed by atoms with van der Waals surface area (Å²) in [6, 6.07) is 0. The number of allylic oxidation sites excluding steroid dienone is 9. The van der Waals surface area contributed by atoms with E-state index in [1.54, 1.807) is 0 Å². The van der Waals surface area contributed by atoms with Crippen LogP contribution in [0.15, 0.2) is 60.4 Å². The van der Waals surface area contributed by atoms with E-state index >= 15 is 0 Å². The first-order valence-corrected chi connectivity index (χ1v) is 11.0. The van der Waals surface area contributed by atoms with Crippen LogP contribution in [0.2, 0.25) is 0 Å². The van der Waals surface area contributed by atoms with Crippen molar-refractivity contribution in [2.75, 3.05) is 14.1 Å². The molecule has 0 saturated carbocycles. The van der Waals surface area contributed by atoms with Gasteiger partial charge in [-0.25, -0.2) is 0 Å². The van der Waals surface area contributed by atoms with E-state index in [4.69, 9.17) is 0 Å². The molecule has 0 bridgehead atoms. The first-order chi connectivity index (χ1) is 13.0. The van der Waals surface area contributed by atoms with Crippen molar-refractivity contribution in [3.05, 3.63) is 60.4 Å². The van der Waals surface area contributed by atoms with E-state index in [-0.39, 0.29) is 0 Å². The summed E-state index contributed by atoms with van der Waals surface area (Å²) >= 11 is 0. The molecule has 4 unspecified atom stereocenters. The van der Waals surface area contributed by atoms with E-state index in [0.717, 1.165) is 5.92 Å². The number of hydrogen-bond acceptors (Lipinski definition) is 1. The SMILES string of the molecule is CC(/C=C\C1C=CCCC1C)/C=C/CCC1C=CC(N(C)C)=CC1.CCC. The van der Waals surface area contributed by atoms with Crippen LogP contribution >= 0.6 is 0 Å². The van der Waals surface area contributed by atoms with Crippen LogP contribution in [0.5, 0.6) is 0 Å². The van der Waals surface area contributed by atoms with Crippen LogP contribution in [-0.4, -0.2) is 19.0 Å². The van der Waals surface area contributed by atoms with Gasteiger partial charge in [0.25, 0.3) is 0 Å². The lowest BCUT2D eigenvalue weighted by molar-refractivity contribution is 0.445. The fourth-order valence-corrected chi connectivity index (χ4v) is 3.44. The van der Waals surface area contributed by atoms with E-state index in [0.29, 0.717) is 17.8 Å². The Morgan fingerprint density at radius 2 is 1.93 bits per heavy atom. The zero-order chi connectivity index (χ0) is 20.1. The highest BCUT2D eigenvalue weighted by molar-refractivity contribution is 5.22. The van der Waals surface area contributed by atoms with Gasteiger partial charge in [-0.2, -0.15) is 0 Å². The molecule has 0 aromatic heterocycles. The molecule has 0 heterocycles. The van der Waals surface area contributed by atoms with Crippen molar-refractivity contribution in [1.29, 1.82) is 0 Å². The summed E-state index contributed by atoms with van der Waals surface area (Å²) in [6.45, 7) is 8.91. The highest BCUT2D eigenvalue weighted by Crippen LogP contribution is 2.26. The molecule has 2 rings (SSSR count). The maximum atomic E-state index is 2.41. The first kappa shape index (κ1) is 23.5. The van der Waals surface area contributed by atoms with Gasteiger partial charge >= 0.3 is 0 Å². The van der Waals surface area contributed by atoms with E-state index in [9.17, 15) is 0 Å². The topological polar surface area (TPSA) is 3.24 Å². The molecule has 2 aliphatic rings. The van der Waals surface area contributed by atoms with E-state index < -0.39 is 0 Å². The summed E-state index contributed by atoms with van der Waals surface area (Å²) in [5.74, 6) is 2.67. The Morgan fingerprint density at radius 1 is 1.19 bits per heavy atom. The van der Waals surface area contributed by atoms with Crippen molar-refractivity contribution in [3.63, 3.8) is 0 Å². The zero-order valence-electron chi connectivity index (χ0n) is 18.7.